The second-order valence-electron chi connectivity index (χ2n) is 8.87. The molecule has 0 spiro atoms. The van der Waals surface area contributed by atoms with Crippen LogP contribution in [0.15, 0.2) is 23.0 Å². The number of hydrogen-bond donors (Lipinski definition) is 1. The monoisotopic (exact) mass is 427 g/mol. The summed E-state index contributed by atoms with van der Waals surface area (Å²) in [6.07, 6.45) is 2.63. The highest BCUT2D eigenvalue weighted by atomic mass is 16.5. The second kappa shape index (κ2) is 9.46. The first kappa shape index (κ1) is 21.9. The van der Waals surface area contributed by atoms with Gasteiger partial charge in [-0.2, -0.15) is 0 Å². The van der Waals surface area contributed by atoms with E-state index in [2.05, 4.69) is 38.5 Å². The number of rotatable bonds is 6. The van der Waals surface area contributed by atoms with E-state index < -0.39 is 5.97 Å². The van der Waals surface area contributed by atoms with Crippen molar-refractivity contribution in [1.82, 2.24) is 24.7 Å². The lowest BCUT2D eigenvalue weighted by Crippen LogP contribution is -2.49. The highest BCUT2D eigenvalue weighted by molar-refractivity contribution is 5.93. The molecule has 0 radical (unpaired) electrons. The Kier molecular flexibility index (Phi) is 6.69. The predicted octanol–water partition coefficient (Wildman–Crippen LogP) is 1.70. The van der Waals surface area contributed by atoms with E-state index in [-0.39, 0.29) is 5.56 Å². The first-order valence-electron chi connectivity index (χ1n) is 11.3. The van der Waals surface area contributed by atoms with Gasteiger partial charge in [0.15, 0.2) is 0 Å². The summed E-state index contributed by atoms with van der Waals surface area (Å²) in [6, 6.07) is 6.24. The van der Waals surface area contributed by atoms with Crippen LogP contribution in [0.2, 0.25) is 0 Å². The SMILES string of the molecule is COC(=O)c1ccc2c(=O)[nH]c(CN3CCN(CCN4C(C)CCC4C)CC3)nc2c1. The van der Waals surface area contributed by atoms with Gasteiger partial charge in [-0.1, -0.05) is 0 Å². The summed E-state index contributed by atoms with van der Waals surface area (Å²) in [5, 5.41) is 0.478. The number of esters is 1. The maximum Gasteiger partial charge on any atom is 0.337 e. The molecule has 0 bridgehead atoms. The molecule has 2 saturated heterocycles. The molecule has 0 aliphatic carbocycles. The smallest absolute Gasteiger partial charge is 0.337 e. The largest absolute Gasteiger partial charge is 0.465 e. The number of aromatic amines is 1. The Hall–Kier alpha value is -2.29. The Bertz CT molecular complexity index is 973. The standard InChI is InChI=1S/C23H33N5O3/c1-16-4-5-17(2)28(16)13-12-26-8-10-27(11-9-26)15-21-24-20-14-18(23(30)31-3)6-7-19(20)22(29)25-21/h6-7,14,16-17H,4-5,8-13,15H2,1-3H3,(H,24,25,29). The summed E-state index contributed by atoms with van der Waals surface area (Å²) >= 11 is 0. The molecule has 1 N–H and O–H groups in total. The van der Waals surface area contributed by atoms with Gasteiger partial charge in [0.2, 0.25) is 0 Å². The number of fused-ring (bicyclic) bond motifs is 1. The molecule has 3 heterocycles. The number of carbonyl (C=O) groups is 1. The van der Waals surface area contributed by atoms with Gasteiger partial charge in [0.25, 0.3) is 5.56 Å². The number of aromatic nitrogens is 2. The van der Waals surface area contributed by atoms with E-state index in [4.69, 9.17) is 4.74 Å². The molecule has 0 saturated carbocycles. The van der Waals surface area contributed by atoms with E-state index in [1.54, 1.807) is 18.2 Å². The van der Waals surface area contributed by atoms with Crippen molar-refractivity contribution in [3.05, 3.63) is 39.9 Å². The van der Waals surface area contributed by atoms with Gasteiger partial charge in [0, 0.05) is 51.4 Å². The van der Waals surface area contributed by atoms with Crippen LogP contribution in [0.5, 0.6) is 0 Å². The lowest BCUT2D eigenvalue weighted by atomic mass is 10.1. The molecule has 31 heavy (non-hydrogen) atoms. The Morgan fingerprint density at radius 3 is 2.45 bits per heavy atom. The summed E-state index contributed by atoms with van der Waals surface area (Å²) in [6.45, 7) is 11.5. The zero-order valence-corrected chi connectivity index (χ0v) is 18.8. The van der Waals surface area contributed by atoms with Gasteiger partial charge in [-0.25, -0.2) is 9.78 Å². The van der Waals surface area contributed by atoms with Crippen LogP contribution < -0.4 is 5.56 Å². The fourth-order valence-corrected chi connectivity index (χ4v) is 4.84. The third-order valence-corrected chi connectivity index (χ3v) is 6.82. The molecular formula is C23H33N5O3. The molecule has 2 aromatic rings. The van der Waals surface area contributed by atoms with Crippen LogP contribution in [-0.2, 0) is 11.3 Å². The van der Waals surface area contributed by atoms with Gasteiger partial charge in [-0.15, -0.1) is 0 Å². The number of methoxy groups -OCH3 is 1. The van der Waals surface area contributed by atoms with Crippen molar-refractivity contribution >= 4 is 16.9 Å². The zero-order valence-electron chi connectivity index (χ0n) is 18.8. The average Bonchev–Trinajstić information content (AvgIpc) is 3.09. The normalized spacial score (nSPS) is 23.5. The fraction of sp³-hybridized carbons (Fsp3) is 0.609. The van der Waals surface area contributed by atoms with E-state index in [0.717, 1.165) is 39.3 Å². The predicted molar refractivity (Wildman–Crippen MR) is 120 cm³/mol. The van der Waals surface area contributed by atoms with E-state index in [9.17, 15) is 9.59 Å². The Balaban J connectivity index is 1.34. The van der Waals surface area contributed by atoms with Crippen molar-refractivity contribution in [2.75, 3.05) is 46.4 Å². The van der Waals surface area contributed by atoms with Gasteiger partial charge in [-0.3, -0.25) is 19.5 Å². The lowest BCUT2D eigenvalue weighted by molar-refractivity contribution is 0.0601. The highest BCUT2D eigenvalue weighted by Gasteiger charge is 2.27. The topological polar surface area (TPSA) is 81.8 Å². The maximum absolute atomic E-state index is 12.5. The molecular weight excluding hydrogens is 394 g/mol. The molecule has 168 valence electrons. The molecule has 2 fully saturated rings. The fourth-order valence-electron chi connectivity index (χ4n) is 4.84. The number of piperazine rings is 1. The molecule has 1 aromatic heterocycles. The molecule has 4 rings (SSSR count). The number of ether oxygens (including phenoxy) is 1. The Morgan fingerprint density at radius 1 is 1.10 bits per heavy atom. The minimum Gasteiger partial charge on any atom is -0.465 e. The number of likely N-dealkylation sites (tertiary alicyclic amines) is 1. The van der Waals surface area contributed by atoms with Gasteiger partial charge in [0.05, 0.1) is 30.1 Å². The highest BCUT2D eigenvalue weighted by Crippen LogP contribution is 2.23. The van der Waals surface area contributed by atoms with E-state index >= 15 is 0 Å². The molecule has 2 atom stereocenters. The van der Waals surface area contributed by atoms with Gasteiger partial charge in [-0.05, 0) is 44.9 Å². The molecule has 2 unspecified atom stereocenters. The van der Waals surface area contributed by atoms with E-state index in [1.807, 2.05) is 0 Å². The van der Waals surface area contributed by atoms with Crippen LogP contribution in [0, 0.1) is 0 Å². The molecule has 0 amide bonds. The van der Waals surface area contributed by atoms with Crippen LogP contribution in [-0.4, -0.2) is 89.1 Å². The van der Waals surface area contributed by atoms with E-state index in [1.165, 1.54) is 20.0 Å². The minimum atomic E-state index is -0.431. The number of nitrogens with zero attached hydrogens (tertiary/aromatic N) is 4. The Labute approximate surface area is 183 Å². The minimum absolute atomic E-state index is 0.177. The summed E-state index contributed by atoms with van der Waals surface area (Å²) in [7, 11) is 1.34. The molecule has 8 heteroatoms. The van der Waals surface area contributed by atoms with Crippen molar-refractivity contribution in [2.45, 2.75) is 45.3 Å². The maximum atomic E-state index is 12.5. The first-order chi connectivity index (χ1) is 14.9. The summed E-state index contributed by atoms with van der Waals surface area (Å²) in [5.41, 5.74) is 0.743. The number of benzene rings is 1. The van der Waals surface area contributed by atoms with E-state index in [0.29, 0.717) is 40.9 Å². The summed E-state index contributed by atoms with van der Waals surface area (Å²) in [4.78, 5) is 39.3. The number of carbonyl (C=O) groups excluding carboxylic acids is 1. The summed E-state index contributed by atoms with van der Waals surface area (Å²) in [5.74, 6) is 0.201. The van der Waals surface area contributed by atoms with Crippen LogP contribution in [0.4, 0.5) is 0 Å². The Morgan fingerprint density at radius 2 is 1.77 bits per heavy atom. The van der Waals surface area contributed by atoms with Crippen LogP contribution >= 0.6 is 0 Å². The van der Waals surface area contributed by atoms with Crippen LogP contribution in [0.3, 0.4) is 0 Å². The van der Waals surface area contributed by atoms with Crippen LogP contribution in [0.25, 0.3) is 10.9 Å². The number of H-pyrrole nitrogens is 1. The van der Waals surface area contributed by atoms with Gasteiger partial charge in [0.1, 0.15) is 5.82 Å². The van der Waals surface area contributed by atoms with Gasteiger partial charge >= 0.3 is 5.97 Å². The lowest BCUT2D eigenvalue weighted by Gasteiger charge is -2.36. The van der Waals surface area contributed by atoms with Crippen molar-refractivity contribution < 1.29 is 9.53 Å². The van der Waals surface area contributed by atoms with Gasteiger partial charge < -0.3 is 9.72 Å². The molecule has 8 nitrogen and oxygen atoms in total. The van der Waals surface area contributed by atoms with Crippen molar-refractivity contribution in [3.8, 4) is 0 Å². The van der Waals surface area contributed by atoms with Crippen molar-refractivity contribution in [3.63, 3.8) is 0 Å². The number of hydrogen-bond acceptors (Lipinski definition) is 7. The van der Waals surface area contributed by atoms with Crippen molar-refractivity contribution in [2.24, 2.45) is 0 Å². The molecule has 2 aliphatic rings. The summed E-state index contributed by atoms with van der Waals surface area (Å²) < 4.78 is 4.77. The molecule has 2 aliphatic heterocycles. The third-order valence-electron chi connectivity index (χ3n) is 6.82. The second-order valence-corrected chi connectivity index (χ2v) is 8.87. The number of nitrogens with one attached hydrogen (secondary N) is 1. The van der Waals surface area contributed by atoms with Crippen molar-refractivity contribution in [1.29, 1.82) is 0 Å². The molecule has 1 aromatic carbocycles. The first-order valence-corrected chi connectivity index (χ1v) is 11.3. The third kappa shape index (κ3) is 4.97. The quantitative estimate of drug-likeness (QED) is 0.703. The van der Waals surface area contributed by atoms with Crippen LogP contribution in [0.1, 0.15) is 42.9 Å². The zero-order chi connectivity index (χ0) is 22.0. The average molecular weight is 428 g/mol.